The number of non-ortho nitro benzene ring substituents is 1. The molecule has 1 N–H and O–H groups in total. The highest BCUT2D eigenvalue weighted by atomic mass is 32.2. The number of hydrogen-bond donors (Lipinski definition) is 1. The number of nitrogens with one attached hydrogen (secondary N) is 1. The lowest BCUT2D eigenvalue weighted by molar-refractivity contribution is -0.385. The molecule has 134 valence electrons. The topological polar surface area (TPSA) is 92.5 Å². The molecule has 1 aromatic rings. The van der Waals surface area contributed by atoms with Gasteiger partial charge in [-0.05, 0) is 31.7 Å². The number of nitro benzene ring substituents is 1. The standard InChI is InChI=1S/C16H25N3O4S/c1-4-12(2)13(3)17-15-8-7-14(19(20)21)11-16(15)24(22,23)18-9-5-6-10-18/h7-8,11-13,17H,4-6,9-10H2,1-3H3. The first-order valence-electron chi connectivity index (χ1n) is 8.32. The number of sulfonamides is 1. The van der Waals surface area contributed by atoms with Gasteiger partial charge in [0.05, 0.1) is 10.6 Å². The molecule has 0 spiro atoms. The molecule has 1 aromatic carbocycles. The third-order valence-corrected chi connectivity index (χ3v) is 6.68. The smallest absolute Gasteiger partial charge is 0.270 e. The SMILES string of the molecule is CCC(C)C(C)Nc1ccc([N+](=O)[O-])cc1S(=O)(=O)N1CCCC1. The Morgan fingerprint density at radius 3 is 2.46 bits per heavy atom. The Morgan fingerprint density at radius 2 is 1.92 bits per heavy atom. The maximum Gasteiger partial charge on any atom is 0.270 e. The van der Waals surface area contributed by atoms with Crippen LogP contribution in [0.3, 0.4) is 0 Å². The van der Waals surface area contributed by atoms with Crippen LogP contribution in [0.5, 0.6) is 0 Å². The zero-order chi connectivity index (χ0) is 17.9. The summed E-state index contributed by atoms with van der Waals surface area (Å²) in [6, 6.07) is 4.07. The van der Waals surface area contributed by atoms with E-state index >= 15 is 0 Å². The van der Waals surface area contributed by atoms with Gasteiger partial charge in [-0.25, -0.2) is 8.42 Å². The average Bonchev–Trinajstić information content (AvgIpc) is 3.09. The minimum atomic E-state index is -3.74. The fourth-order valence-corrected chi connectivity index (χ4v) is 4.46. The van der Waals surface area contributed by atoms with Crippen molar-refractivity contribution in [2.75, 3.05) is 18.4 Å². The van der Waals surface area contributed by atoms with E-state index in [2.05, 4.69) is 19.2 Å². The fraction of sp³-hybridized carbons (Fsp3) is 0.625. The maximum atomic E-state index is 12.9. The van der Waals surface area contributed by atoms with E-state index in [-0.39, 0.29) is 16.6 Å². The highest BCUT2D eigenvalue weighted by Gasteiger charge is 2.31. The van der Waals surface area contributed by atoms with Crippen molar-refractivity contribution in [2.45, 2.75) is 51.0 Å². The molecule has 7 nitrogen and oxygen atoms in total. The molecule has 8 heteroatoms. The normalized spacial score (nSPS) is 18.3. The van der Waals surface area contributed by atoms with E-state index in [1.807, 2.05) is 6.92 Å². The Morgan fingerprint density at radius 1 is 1.29 bits per heavy atom. The lowest BCUT2D eigenvalue weighted by Crippen LogP contribution is -2.30. The fourth-order valence-electron chi connectivity index (χ4n) is 2.77. The maximum absolute atomic E-state index is 12.9. The van der Waals surface area contributed by atoms with E-state index < -0.39 is 14.9 Å². The van der Waals surface area contributed by atoms with Gasteiger partial charge in [-0.3, -0.25) is 10.1 Å². The number of nitro groups is 1. The second-order valence-corrected chi connectivity index (χ2v) is 8.27. The van der Waals surface area contributed by atoms with Gasteiger partial charge in [-0.15, -0.1) is 0 Å². The van der Waals surface area contributed by atoms with E-state index in [9.17, 15) is 18.5 Å². The summed E-state index contributed by atoms with van der Waals surface area (Å²) in [6.45, 7) is 7.07. The molecule has 1 heterocycles. The van der Waals surface area contributed by atoms with Crippen LogP contribution in [-0.4, -0.2) is 36.8 Å². The highest BCUT2D eigenvalue weighted by molar-refractivity contribution is 7.89. The summed E-state index contributed by atoms with van der Waals surface area (Å²) in [5.41, 5.74) is 0.217. The summed E-state index contributed by atoms with van der Waals surface area (Å²) < 4.78 is 27.2. The third kappa shape index (κ3) is 3.87. The van der Waals surface area contributed by atoms with Crippen molar-refractivity contribution in [2.24, 2.45) is 5.92 Å². The molecule has 0 radical (unpaired) electrons. The number of hydrogen-bond acceptors (Lipinski definition) is 5. The summed E-state index contributed by atoms with van der Waals surface area (Å²) in [4.78, 5) is 10.5. The lowest BCUT2D eigenvalue weighted by atomic mass is 10.0. The molecule has 2 rings (SSSR count). The zero-order valence-corrected chi connectivity index (χ0v) is 15.2. The Kier molecular flexibility index (Phi) is 5.82. The van der Waals surface area contributed by atoms with Gasteiger partial charge in [0.2, 0.25) is 10.0 Å². The summed E-state index contributed by atoms with van der Waals surface area (Å²) in [5.74, 6) is 0.350. The van der Waals surface area contributed by atoms with Crippen LogP contribution < -0.4 is 5.32 Å². The molecular weight excluding hydrogens is 330 g/mol. The monoisotopic (exact) mass is 355 g/mol. The van der Waals surface area contributed by atoms with Crippen LogP contribution in [0, 0.1) is 16.0 Å². The molecule has 24 heavy (non-hydrogen) atoms. The van der Waals surface area contributed by atoms with Gasteiger partial charge in [0.25, 0.3) is 5.69 Å². The first kappa shape index (κ1) is 18.7. The molecule has 0 aromatic heterocycles. The number of benzene rings is 1. The molecule has 1 saturated heterocycles. The van der Waals surface area contributed by atoms with Crippen molar-refractivity contribution in [3.63, 3.8) is 0 Å². The summed E-state index contributed by atoms with van der Waals surface area (Å²) in [7, 11) is -3.74. The van der Waals surface area contributed by atoms with Crippen molar-refractivity contribution >= 4 is 21.4 Å². The molecule has 1 aliphatic heterocycles. The molecule has 0 amide bonds. The van der Waals surface area contributed by atoms with Crippen LogP contribution in [0.25, 0.3) is 0 Å². The lowest BCUT2D eigenvalue weighted by Gasteiger charge is -2.24. The minimum absolute atomic E-state index is 0.00578. The molecule has 2 unspecified atom stereocenters. The van der Waals surface area contributed by atoms with Crippen LogP contribution in [-0.2, 0) is 10.0 Å². The quantitative estimate of drug-likeness (QED) is 0.599. The second kappa shape index (κ2) is 7.48. The van der Waals surface area contributed by atoms with Gasteiger partial charge in [-0.1, -0.05) is 20.3 Å². The Bertz CT molecular complexity index is 699. The average molecular weight is 355 g/mol. The van der Waals surface area contributed by atoms with E-state index in [0.29, 0.717) is 24.7 Å². The van der Waals surface area contributed by atoms with Gasteiger partial charge in [0, 0.05) is 31.3 Å². The second-order valence-electron chi connectivity index (χ2n) is 6.37. The third-order valence-electron chi connectivity index (χ3n) is 4.74. The Hall–Kier alpha value is -1.67. The van der Waals surface area contributed by atoms with Crippen molar-refractivity contribution in [1.29, 1.82) is 0 Å². The molecule has 1 fully saturated rings. The van der Waals surface area contributed by atoms with Gasteiger partial charge in [0.15, 0.2) is 0 Å². The van der Waals surface area contributed by atoms with E-state index in [0.717, 1.165) is 19.3 Å². The first-order chi connectivity index (χ1) is 11.3. The predicted molar refractivity (Wildman–Crippen MR) is 93.6 cm³/mol. The van der Waals surface area contributed by atoms with Crippen molar-refractivity contribution in [3.8, 4) is 0 Å². The molecule has 0 aliphatic carbocycles. The van der Waals surface area contributed by atoms with E-state index in [1.54, 1.807) is 0 Å². The Balaban J connectivity index is 2.45. The number of nitrogens with zero attached hydrogens (tertiary/aromatic N) is 2. The largest absolute Gasteiger partial charge is 0.381 e. The Labute approximate surface area is 143 Å². The van der Waals surface area contributed by atoms with Crippen LogP contribution in [0.1, 0.15) is 40.0 Å². The number of anilines is 1. The van der Waals surface area contributed by atoms with Gasteiger partial charge in [-0.2, -0.15) is 4.31 Å². The van der Waals surface area contributed by atoms with Crippen molar-refractivity contribution < 1.29 is 13.3 Å². The van der Waals surface area contributed by atoms with Crippen LogP contribution >= 0.6 is 0 Å². The summed E-state index contributed by atoms with van der Waals surface area (Å²) in [5, 5.41) is 14.3. The molecule has 2 atom stereocenters. The van der Waals surface area contributed by atoms with E-state index in [1.165, 1.54) is 22.5 Å². The van der Waals surface area contributed by atoms with Crippen molar-refractivity contribution in [3.05, 3.63) is 28.3 Å². The van der Waals surface area contributed by atoms with Gasteiger partial charge in [0.1, 0.15) is 4.90 Å². The zero-order valence-electron chi connectivity index (χ0n) is 14.4. The molecule has 0 saturated carbocycles. The number of rotatable bonds is 7. The summed E-state index contributed by atoms with van der Waals surface area (Å²) >= 11 is 0. The van der Waals surface area contributed by atoms with Crippen LogP contribution in [0.2, 0.25) is 0 Å². The molecule has 1 aliphatic rings. The van der Waals surface area contributed by atoms with E-state index in [4.69, 9.17) is 0 Å². The molecular formula is C16H25N3O4S. The predicted octanol–water partition coefficient (Wildman–Crippen LogP) is 3.23. The molecule has 0 bridgehead atoms. The first-order valence-corrected chi connectivity index (χ1v) is 9.76. The highest BCUT2D eigenvalue weighted by Crippen LogP contribution is 2.31. The van der Waals surface area contributed by atoms with Crippen molar-refractivity contribution in [1.82, 2.24) is 4.31 Å². The van der Waals surface area contributed by atoms with Crippen LogP contribution in [0.4, 0.5) is 11.4 Å². The summed E-state index contributed by atoms with van der Waals surface area (Å²) in [6.07, 6.45) is 2.59. The van der Waals surface area contributed by atoms with Gasteiger partial charge < -0.3 is 5.32 Å². The minimum Gasteiger partial charge on any atom is -0.381 e. The van der Waals surface area contributed by atoms with Gasteiger partial charge >= 0.3 is 0 Å². The van der Waals surface area contributed by atoms with Crippen LogP contribution in [0.15, 0.2) is 23.1 Å².